The standard InChI is InChI=1S/C15H15N5O2/c21-12(17-15-18-13(19-20-15)8-5-6-8)7-11-9-3-1-2-4-10(9)14(22)16-11/h1-4,8,11H,5-7H2,(H,16,22)(H2,17,18,19,20,21)/t11-/m0/s1. The fourth-order valence-electron chi connectivity index (χ4n) is 2.71. The number of nitrogens with one attached hydrogen (secondary N) is 3. The smallest absolute Gasteiger partial charge is 0.252 e. The van der Waals surface area contributed by atoms with Crippen LogP contribution in [0.25, 0.3) is 0 Å². The lowest BCUT2D eigenvalue weighted by Gasteiger charge is -2.10. The number of nitrogens with zero attached hydrogens (tertiary/aromatic N) is 2. The number of benzene rings is 1. The summed E-state index contributed by atoms with van der Waals surface area (Å²) >= 11 is 0. The Kier molecular flexibility index (Phi) is 2.92. The van der Waals surface area contributed by atoms with Crippen LogP contribution in [-0.4, -0.2) is 27.0 Å². The Morgan fingerprint density at radius 1 is 1.32 bits per heavy atom. The van der Waals surface area contributed by atoms with Gasteiger partial charge in [0.2, 0.25) is 11.9 Å². The molecule has 0 spiro atoms. The summed E-state index contributed by atoms with van der Waals surface area (Å²) in [5, 5.41) is 12.3. The number of amides is 2. The van der Waals surface area contributed by atoms with Crippen molar-refractivity contribution in [3.63, 3.8) is 0 Å². The Balaban J connectivity index is 1.42. The van der Waals surface area contributed by atoms with Crippen molar-refractivity contribution in [2.45, 2.75) is 31.2 Å². The third-order valence-electron chi connectivity index (χ3n) is 3.99. The van der Waals surface area contributed by atoms with Crippen molar-refractivity contribution < 1.29 is 9.59 Å². The van der Waals surface area contributed by atoms with E-state index in [1.807, 2.05) is 18.2 Å². The monoisotopic (exact) mass is 297 g/mol. The van der Waals surface area contributed by atoms with Gasteiger partial charge in [-0.1, -0.05) is 18.2 Å². The molecule has 1 aliphatic carbocycles. The minimum atomic E-state index is -0.300. The second-order valence-electron chi connectivity index (χ2n) is 5.68. The quantitative estimate of drug-likeness (QED) is 0.796. The summed E-state index contributed by atoms with van der Waals surface area (Å²) in [5.41, 5.74) is 1.49. The minimum Gasteiger partial charge on any atom is -0.345 e. The fourth-order valence-corrected chi connectivity index (χ4v) is 2.71. The van der Waals surface area contributed by atoms with E-state index in [4.69, 9.17) is 0 Å². The molecule has 1 fully saturated rings. The molecule has 0 bridgehead atoms. The van der Waals surface area contributed by atoms with Crippen LogP contribution in [0.5, 0.6) is 0 Å². The molecule has 2 aromatic rings. The van der Waals surface area contributed by atoms with Crippen molar-refractivity contribution in [2.24, 2.45) is 0 Å². The van der Waals surface area contributed by atoms with Gasteiger partial charge >= 0.3 is 0 Å². The van der Waals surface area contributed by atoms with Crippen molar-refractivity contribution in [1.82, 2.24) is 20.5 Å². The Labute approximate surface area is 126 Å². The molecule has 7 heteroatoms. The Hall–Kier alpha value is -2.70. The molecule has 2 amide bonds. The van der Waals surface area contributed by atoms with E-state index in [0.29, 0.717) is 17.4 Å². The molecule has 7 nitrogen and oxygen atoms in total. The fraction of sp³-hybridized carbons (Fsp3) is 0.333. The van der Waals surface area contributed by atoms with Crippen LogP contribution in [0.15, 0.2) is 24.3 Å². The number of fused-ring (bicyclic) bond motifs is 1. The molecule has 4 rings (SSSR count). The highest BCUT2D eigenvalue weighted by molar-refractivity contribution is 6.00. The van der Waals surface area contributed by atoms with Crippen molar-refractivity contribution in [3.8, 4) is 0 Å². The molecule has 2 aliphatic rings. The molecular formula is C15H15N5O2. The number of aromatic nitrogens is 3. The van der Waals surface area contributed by atoms with Crippen LogP contribution >= 0.6 is 0 Å². The molecule has 3 N–H and O–H groups in total. The molecule has 2 heterocycles. The lowest BCUT2D eigenvalue weighted by Crippen LogP contribution is -2.24. The first kappa shape index (κ1) is 13.0. The van der Waals surface area contributed by atoms with Crippen LogP contribution in [-0.2, 0) is 4.79 Å². The predicted octanol–water partition coefficient (Wildman–Crippen LogP) is 1.50. The lowest BCUT2D eigenvalue weighted by atomic mass is 10.0. The first-order valence-electron chi connectivity index (χ1n) is 7.32. The number of hydrogen-bond acceptors (Lipinski definition) is 4. The molecule has 0 radical (unpaired) electrons. The number of rotatable bonds is 4. The number of anilines is 1. The Morgan fingerprint density at radius 3 is 2.95 bits per heavy atom. The second-order valence-corrected chi connectivity index (χ2v) is 5.68. The molecule has 22 heavy (non-hydrogen) atoms. The minimum absolute atomic E-state index is 0.137. The molecular weight excluding hydrogens is 282 g/mol. The van der Waals surface area contributed by atoms with Gasteiger partial charge in [-0.2, -0.15) is 4.98 Å². The van der Waals surface area contributed by atoms with E-state index in [9.17, 15) is 9.59 Å². The maximum absolute atomic E-state index is 12.1. The third-order valence-corrected chi connectivity index (χ3v) is 3.99. The summed E-state index contributed by atoms with van der Waals surface area (Å²) in [6.45, 7) is 0. The van der Waals surface area contributed by atoms with Gasteiger partial charge in [0.15, 0.2) is 0 Å². The van der Waals surface area contributed by atoms with Crippen LogP contribution in [0.2, 0.25) is 0 Å². The summed E-state index contributed by atoms with van der Waals surface area (Å²) in [5.74, 6) is 1.23. The molecule has 1 atom stereocenters. The van der Waals surface area contributed by atoms with E-state index in [-0.39, 0.29) is 24.3 Å². The Morgan fingerprint density at radius 2 is 2.14 bits per heavy atom. The number of carbonyl (C=O) groups excluding carboxylic acids is 2. The van der Waals surface area contributed by atoms with Crippen LogP contribution < -0.4 is 10.6 Å². The summed E-state index contributed by atoms with van der Waals surface area (Å²) in [7, 11) is 0. The van der Waals surface area contributed by atoms with E-state index in [1.165, 1.54) is 0 Å². The van der Waals surface area contributed by atoms with Crippen molar-refractivity contribution in [2.75, 3.05) is 5.32 Å². The average Bonchev–Trinajstić information content (AvgIpc) is 3.19. The number of hydrogen-bond donors (Lipinski definition) is 3. The van der Waals surface area contributed by atoms with Crippen molar-refractivity contribution in [1.29, 1.82) is 0 Å². The third kappa shape index (κ3) is 2.34. The topological polar surface area (TPSA) is 99.8 Å². The molecule has 0 unspecified atom stereocenters. The number of carbonyl (C=O) groups is 2. The van der Waals surface area contributed by atoms with E-state index in [1.54, 1.807) is 6.07 Å². The molecule has 0 saturated heterocycles. The zero-order chi connectivity index (χ0) is 15.1. The molecule has 1 aliphatic heterocycles. The predicted molar refractivity (Wildman–Crippen MR) is 78.3 cm³/mol. The second kappa shape index (κ2) is 4.94. The van der Waals surface area contributed by atoms with Gasteiger partial charge in [0.25, 0.3) is 5.91 Å². The van der Waals surface area contributed by atoms with Gasteiger partial charge in [-0.25, -0.2) is 0 Å². The average molecular weight is 297 g/mol. The maximum Gasteiger partial charge on any atom is 0.252 e. The van der Waals surface area contributed by atoms with Gasteiger partial charge in [0.05, 0.1) is 12.5 Å². The van der Waals surface area contributed by atoms with Gasteiger partial charge in [0.1, 0.15) is 5.82 Å². The Bertz CT molecular complexity index is 750. The van der Waals surface area contributed by atoms with E-state index < -0.39 is 0 Å². The van der Waals surface area contributed by atoms with Crippen LogP contribution in [0, 0.1) is 0 Å². The van der Waals surface area contributed by atoms with Crippen LogP contribution in [0.4, 0.5) is 5.95 Å². The van der Waals surface area contributed by atoms with Crippen LogP contribution in [0.3, 0.4) is 0 Å². The van der Waals surface area contributed by atoms with Gasteiger partial charge in [-0.3, -0.25) is 20.0 Å². The van der Waals surface area contributed by atoms with E-state index in [2.05, 4.69) is 25.8 Å². The molecule has 112 valence electrons. The highest BCUT2D eigenvalue weighted by Crippen LogP contribution is 2.38. The summed E-state index contributed by atoms with van der Waals surface area (Å²) in [4.78, 5) is 28.2. The molecule has 1 aromatic carbocycles. The molecule has 1 saturated carbocycles. The highest BCUT2D eigenvalue weighted by atomic mass is 16.2. The summed E-state index contributed by atoms with van der Waals surface area (Å²) in [6.07, 6.45) is 2.40. The van der Waals surface area contributed by atoms with Crippen molar-refractivity contribution >= 4 is 17.8 Å². The zero-order valence-electron chi connectivity index (χ0n) is 11.8. The van der Waals surface area contributed by atoms with Crippen LogP contribution in [0.1, 0.15) is 53.0 Å². The maximum atomic E-state index is 12.1. The normalized spacial score (nSPS) is 19.6. The van der Waals surface area contributed by atoms with Gasteiger partial charge < -0.3 is 5.32 Å². The zero-order valence-corrected chi connectivity index (χ0v) is 11.8. The first-order chi connectivity index (χ1) is 10.7. The highest BCUT2D eigenvalue weighted by Gasteiger charge is 2.30. The molecule has 1 aromatic heterocycles. The SMILES string of the molecule is O=C(C[C@@H]1NC(=O)c2ccccc21)Nc1n[nH]c(C2CC2)n1. The number of H-pyrrole nitrogens is 1. The van der Waals surface area contributed by atoms with Gasteiger partial charge in [0, 0.05) is 11.5 Å². The number of aromatic amines is 1. The summed E-state index contributed by atoms with van der Waals surface area (Å²) < 4.78 is 0. The lowest BCUT2D eigenvalue weighted by molar-refractivity contribution is -0.116. The van der Waals surface area contributed by atoms with Crippen molar-refractivity contribution in [3.05, 3.63) is 41.2 Å². The van der Waals surface area contributed by atoms with Gasteiger partial charge in [-0.15, -0.1) is 5.10 Å². The first-order valence-corrected chi connectivity index (χ1v) is 7.32. The van der Waals surface area contributed by atoms with E-state index in [0.717, 1.165) is 24.2 Å². The van der Waals surface area contributed by atoms with Gasteiger partial charge in [-0.05, 0) is 24.5 Å². The largest absolute Gasteiger partial charge is 0.345 e. The van der Waals surface area contributed by atoms with E-state index >= 15 is 0 Å². The summed E-state index contributed by atoms with van der Waals surface area (Å²) in [6, 6.07) is 7.00.